The van der Waals surface area contributed by atoms with Crippen molar-refractivity contribution in [1.82, 2.24) is 19.2 Å². The van der Waals surface area contributed by atoms with Crippen LogP contribution in [0, 0.1) is 0 Å². The minimum Gasteiger partial charge on any atom is -0.492 e. The van der Waals surface area contributed by atoms with Crippen LogP contribution in [0.15, 0.2) is 197 Å². The minimum atomic E-state index is -0.642. The van der Waals surface area contributed by atoms with Gasteiger partial charge in [-0.25, -0.2) is 0 Å². The number of nitrogens with one attached hydrogen (secondary N) is 1. The normalized spacial score (nSPS) is 19.1. The van der Waals surface area contributed by atoms with Gasteiger partial charge in [-0.15, -0.1) is 23.2 Å². The molecule has 0 spiro atoms. The number of alkyl halides is 2. The second-order valence-electron chi connectivity index (χ2n) is 22.2. The third-order valence-electron chi connectivity index (χ3n) is 17.0. The molecule has 88 heavy (non-hydrogen) atoms. The van der Waals surface area contributed by atoms with Crippen molar-refractivity contribution in [3.63, 3.8) is 0 Å². The molecule has 14 rings (SSSR count). The first kappa shape index (κ1) is 62.3. The summed E-state index contributed by atoms with van der Waals surface area (Å²) in [5.74, 6) is 1.22. The summed E-state index contributed by atoms with van der Waals surface area (Å²) in [5, 5.41) is 2.24. The Morgan fingerprint density at radius 2 is 1.00 bits per heavy atom. The lowest BCUT2D eigenvalue weighted by atomic mass is 9.83. The van der Waals surface area contributed by atoms with Gasteiger partial charge < -0.3 is 34.2 Å². The number of benzene rings is 6. The first-order valence-electron chi connectivity index (χ1n) is 29.6. The van der Waals surface area contributed by atoms with Crippen molar-refractivity contribution in [3.8, 4) is 23.0 Å². The van der Waals surface area contributed by atoms with Gasteiger partial charge in [-0.2, -0.15) is 0 Å². The molecular weight excluding hydrogens is 1150 g/mol. The number of ether oxygens (including phenoxy) is 4. The van der Waals surface area contributed by atoms with Crippen molar-refractivity contribution < 1.29 is 28.5 Å². The highest BCUT2D eigenvalue weighted by molar-refractivity contribution is 6.38. The maximum absolute atomic E-state index is 14.2. The van der Waals surface area contributed by atoms with Crippen molar-refractivity contribution in [1.29, 1.82) is 0 Å². The van der Waals surface area contributed by atoms with Gasteiger partial charge in [0.15, 0.2) is 22.9 Å². The molecule has 2 aromatic heterocycles. The molecule has 0 fully saturated rings. The van der Waals surface area contributed by atoms with Gasteiger partial charge in [0.25, 0.3) is 11.8 Å². The second-order valence-corrected chi connectivity index (χ2v) is 23.5. The molecule has 0 saturated heterocycles. The fourth-order valence-corrected chi connectivity index (χ4v) is 13.8. The molecule has 16 heteroatoms. The third kappa shape index (κ3) is 11.3. The number of nitrogens with zero attached hydrogens (tertiary/aromatic N) is 5. The zero-order valence-corrected chi connectivity index (χ0v) is 49.8. The van der Waals surface area contributed by atoms with E-state index >= 15 is 0 Å². The predicted octanol–water partition coefficient (Wildman–Crippen LogP) is 12.9. The molecule has 1 N–H and O–H groups in total. The Morgan fingerprint density at radius 3 is 1.59 bits per heavy atom. The molecule has 14 nitrogen and oxygen atoms in total. The number of fused-ring (bicyclic) bond motifs is 12. The van der Waals surface area contributed by atoms with Gasteiger partial charge in [-0.1, -0.05) is 181 Å². The summed E-state index contributed by atoms with van der Waals surface area (Å²) < 4.78 is 26.8. The van der Waals surface area contributed by atoms with Crippen LogP contribution in [0.5, 0.6) is 23.0 Å². The molecule has 456 valence electrons. The topological polar surface area (TPSA) is 137 Å². The van der Waals surface area contributed by atoms with Gasteiger partial charge in [0, 0.05) is 24.5 Å². The Labute approximate surface area is 525 Å². The van der Waals surface area contributed by atoms with Crippen molar-refractivity contribution in [2.75, 3.05) is 63.3 Å². The van der Waals surface area contributed by atoms with Crippen molar-refractivity contribution >= 4 is 41.1 Å². The Bertz CT molecular complexity index is 3920. The quantitative estimate of drug-likeness (QED) is 0.0693. The van der Waals surface area contributed by atoms with Gasteiger partial charge >= 0.3 is 0 Å². The van der Waals surface area contributed by atoms with E-state index in [-0.39, 0.29) is 60.4 Å². The minimum absolute atomic E-state index is 0. The molecule has 0 saturated carbocycles. The fraction of sp³-hybridized carbons (Fsp3) is 0.306. The summed E-state index contributed by atoms with van der Waals surface area (Å²) in [6.07, 6.45) is 11.6. The highest BCUT2D eigenvalue weighted by atomic mass is 35.5. The molecule has 1 atom stereocenters. The fourth-order valence-electron chi connectivity index (χ4n) is 12.9. The lowest BCUT2D eigenvalue weighted by molar-refractivity contribution is 0.0635. The van der Waals surface area contributed by atoms with Crippen LogP contribution in [0.1, 0.15) is 120 Å². The number of hydrogen-bond donors (Lipinski definition) is 1. The van der Waals surface area contributed by atoms with Crippen LogP contribution in [0.25, 0.3) is 6.08 Å². The standard InChI is InChI=1S/C35H33N3O4.C19H23N3O4.C16H12Cl2.2CH4/c1-2-3-20-42-33-31(39)17-18-37-32(33)34(40)36(19-21-41-28-13-5-4-6-14-28)24-38(37)35-27(22-25-11-7-9-15-29(25)35)23-26-12-8-10-16-30(26)35;1-2-3-12-26-18-16(23)9-10-22-17(18)19(24)21(14-20-22)11-13-25-15-7-5-4-6-8-15;17-15-9-11-5-1-3-7-13(11)16(15,18)14-8-4-2-6-12(14)10-15;;/h4-18,22H,2-3,19-21,23-24H2,1H3;4-10,20H,2-3,11-14H2,1H3;1-8H,9-10H2;2*1H4. The molecule has 4 heterocycles. The summed E-state index contributed by atoms with van der Waals surface area (Å²) in [4.78, 5) is 54.9. The summed E-state index contributed by atoms with van der Waals surface area (Å²) in [5.41, 5.74) is 13.3. The number of carbonyl (C=O) groups is 2. The Morgan fingerprint density at radius 1 is 0.511 bits per heavy atom. The zero-order valence-electron chi connectivity index (χ0n) is 48.3. The highest BCUT2D eigenvalue weighted by Crippen LogP contribution is 2.62. The summed E-state index contributed by atoms with van der Waals surface area (Å²) in [6, 6.07) is 55.7. The molecule has 8 aromatic rings. The first-order valence-corrected chi connectivity index (χ1v) is 30.4. The average molecular weight is 1220 g/mol. The van der Waals surface area contributed by atoms with E-state index in [1.54, 1.807) is 26.9 Å². The lowest BCUT2D eigenvalue weighted by Crippen LogP contribution is -2.62. The van der Waals surface area contributed by atoms with E-state index in [1.807, 2.05) is 84.4 Å². The number of para-hydroxylation sites is 2. The lowest BCUT2D eigenvalue weighted by Gasteiger charge is -2.49. The van der Waals surface area contributed by atoms with Crippen LogP contribution in [0.3, 0.4) is 0 Å². The smallest absolute Gasteiger partial charge is 0.278 e. The number of aromatic nitrogens is 2. The SMILES string of the molecule is C.C.CCCCOc1c2n(ccc1=O)N(C13C(=Cc4ccccc41)Cc1ccccc13)CN(CCOc1ccccc1)C2=O.CCCCOc1c2n(ccc1=O)NCN(CCOc1ccccc1)C2=O.ClC12Cc3ccccc3C1(Cl)c1ccccc1C2. The summed E-state index contributed by atoms with van der Waals surface area (Å²) in [6.45, 7) is 6.96. The predicted molar refractivity (Wildman–Crippen MR) is 350 cm³/mol. The Balaban J connectivity index is 0.000000158. The molecule has 2 amide bonds. The molecule has 0 radical (unpaired) electrons. The average Bonchev–Trinajstić information content (AvgIpc) is 1.53. The number of unbranched alkanes of at least 4 members (excludes halogenated alkanes) is 2. The van der Waals surface area contributed by atoms with Gasteiger partial charge in [0.1, 0.15) is 48.5 Å². The maximum atomic E-state index is 14.2. The molecular formula is C72H76Cl2N6O8. The number of amides is 2. The van der Waals surface area contributed by atoms with E-state index in [2.05, 4.69) is 108 Å². The van der Waals surface area contributed by atoms with Crippen molar-refractivity contribution in [2.45, 2.75) is 88.9 Å². The Hall–Kier alpha value is -8.72. The molecule has 6 aliphatic rings. The van der Waals surface area contributed by atoms with Crippen molar-refractivity contribution in [3.05, 3.63) is 264 Å². The number of halogens is 2. The second kappa shape index (κ2) is 26.7. The van der Waals surface area contributed by atoms with Crippen molar-refractivity contribution in [2.24, 2.45) is 0 Å². The number of rotatable bonds is 17. The number of pyridine rings is 2. The number of hydrogen-bond acceptors (Lipinski definition) is 10. The molecule has 2 aliphatic heterocycles. The van der Waals surface area contributed by atoms with Crippen LogP contribution in [-0.2, 0) is 29.7 Å². The van der Waals surface area contributed by atoms with Gasteiger partial charge in [-0.3, -0.25) is 33.5 Å². The van der Waals surface area contributed by atoms with Crippen LogP contribution in [0.2, 0.25) is 0 Å². The maximum Gasteiger partial charge on any atom is 0.278 e. The van der Waals surface area contributed by atoms with Gasteiger partial charge in [-0.05, 0) is 106 Å². The van der Waals surface area contributed by atoms with E-state index in [0.717, 1.165) is 62.0 Å². The van der Waals surface area contributed by atoms with E-state index < -0.39 is 15.3 Å². The van der Waals surface area contributed by atoms with E-state index in [9.17, 15) is 19.2 Å². The zero-order chi connectivity index (χ0) is 59.4. The van der Waals surface area contributed by atoms with Crippen LogP contribution in [0.4, 0.5) is 0 Å². The third-order valence-corrected chi connectivity index (χ3v) is 18.4. The van der Waals surface area contributed by atoms with Crippen LogP contribution < -0.4 is 40.2 Å². The number of carbonyl (C=O) groups excluding carboxylic acids is 2. The van der Waals surface area contributed by atoms with E-state index in [4.69, 9.17) is 42.1 Å². The highest BCUT2D eigenvalue weighted by Gasteiger charge is 2.61. The first-order chi connectivity index (χ1) is 42.0. The molecule has 0 bridgehead atoms. The van der Waals surface area contributed by atoms with Gasteiger partial charge in [0.05, 0.1) is 31.2 Å². The van der Waals surface area contributed by atoms with Crippen LogP contribution >= 0.6 is 23.2 Å². The summed E-state index contributed by atoms with van der Waals surface area (Å²) in [7, 11) is 0. The van der Waals surface area contributed by atoms with Gasteiger partial charge in [0.2, 0.25) is 10.9 Å². The molecule has 6 aromatic carbocycles. The summed E-state index contributed by atoms with van der Waals surface area (Å²) >= 11 is 13.9. The van der Waals surface area contributed by atoms with E-state index in [1.165, 1.54) is 56.6 Å². The molecule has 1 unspecified atom stereocenters. The monoisotopic (exact) mass is 1220 g/mol. The Kier molecular flexibility index (Phi) is 18.9. The van der Waals surface area contributed by atoms with E-state index in [0.29, 0.717) is 52.9 Å². The largest absolute Gasteiger partial charge is 0.492 e. The van der Waals surface area contributed by atoms with Crippen LogP contribution in [-0.4, -0.2) is 88.7 Å². The molecule has 4 aliphatic carbocycles.